The van der Waals surface area contributed by atoms with Gasteiger partial charge in [0, 0.05) is 31.6 Å². The summed E-state index contributed by atoms with van der Waals surface area (Å²) in [4.78, 5) is 85.1. The van der Waals surface area contributed by atoms with E-state index in [0.717, 1.165) is 5.56 Å². The molecule has 1 aliphatic heterocycles. The molecule has 1 aliphatic rings. The number of carbonyl (C=O) groups excluding carboxylic acids is 6. The van der Waals surface area contributed by atoms with Gasteiger partial charge >= 0.3 is 0 Å². The van der Waals surface area contributed by atoms with Crippen molar-refractivity contribution in [2.45, 2.75) is 92.4 Å². The van der Waals surface area contributed by atoms with Gasteiger partial charge in [-0.05, 0) is 62.3 Å². The molecule has 262 valence electrons. The summed E-state index contributed by atoms with van der Waals surface area (Å²) in [6.07, 6.45) is 0.387. The second-order valence-electron chi connectivity index (χ2n) is 13.3. The fraction of sp³-hybridized carbons (Fsp3) is 0.543. The number of hydrogen-bond donors (Lipinski definition) is 5. The Labute approximate surface area is 282 Å². The van der Waals surface area contributed by atoms with Gasteiger partial charge in [-0.2, -0.15) is 0 Å². The minimum absolute atomic E-state index is 0.00273. The summed E-state index contributed by atoms with van der Waals surface area (Å²) in [5.41, 5.74) is 2.24. The summed E-state index contributed by atoms with van der Waals surface area (Å²) in [6.45, 7) is 13.4. The number of hydrogen-bond acceptors (Lipinski definition) is 7. The Hall–Kier alpha value is -4.68. The summed E-state index contributed by atoms with van der Waals surface area (Å²) in [5, 5.41) is 11.3. The number of Topliss-reactive ketones (excluding diaryl/α,β-unsaturated/α-hetero) is 1. The van der Waals surface area contributed by atoms with Gasteiger partial charge in [-0.15, -0.1) is 0 Å². The molecule has 1 saturated heterocycles. The molecule has 13 nitrogen and oxygen atoms in total. The van der Waals surface area contributed by atoms with Crippen LogP contribution < -0.4 is 26.0 Å². The van der Waals surface area contributed by atoms with Crippen LogP contribution in [0.25, 0.3) is 0 Å². The molecular formula is C35H50N6O7. The maximum absolute atomic E-state index is 14.1. The number of aromatic amines is 1. The summed E-state index contributed by atoms with van der Waals surface area (Å²) in [5.74, 6) is -2.50. The third-order valence-corrected chi connectivity index (χ3v) is 8.52. The zero-order valence-electron chi connectivity index (χ0n) is 29.4. The van der Waals surface area contributed by atoms with E-state index in [1.54, 1.807) is 52.1 Å². The van der Waals surface area contributed by atoms with Crippen molar-refractivity contribution in [3.05, 3.63) is 52.3 Å². The Balaban J connectivity index is 2.04. The van der Waals surface area contributed by atoms with E-state index in [1.165, 1.54) is 11.8 Å². The molecule has 0 spiro atoms. The van der Waals surface area contributed by atoms with Crippen LogP contribution in [0.5, 0.6) is 5.75 Å². The second kappa shape index (κ2) is 16.4. The number of amides is 5. The van der Waals surface area contributed by atoms with Crippen molar-refractivity contribution in [1.29, 1.82) is 0 Å². The van der Waals surface area contributed by atoms with E-state index in [2.05, 4.69) is 26.3 Å². The highest BCUT2D eigenvalue weighted by atomic mass is 16.5. The van der Waals surface area contributed by atoms with Crippen molar-refractivity contribution >= 4 is 35.3 Å². The number of carbonyl (C=O) groups is 6. The molecular weight excluding hydrogens is 616 g/mol. The average Bonchev–Trinajstić information content (AvgIpc) is 3.32. The van der Waals surface area contributed by atoms with Gasteiger partial charge in [0.2, 0.25) is 23.6 Å². The van der Waals surface area contributed by atoms with E-state index >= 15 is 0 Å². The maximum atomic E-state index is 14.1. The van der Waals surface area contributed by atoms with Crippen LogP contribution in [0.2, 0.25) is 0 Å². The van der Waals surface area contributed by atoms with Crippen LogP contribution in [0.15, 0.2) is 24.3 Å². The molecule has 0 unspecified atom stereocenters. The molecule has 0 saturated carbocycles. The van der Waals surface area contributed by atoms with E-state index in [0.29, 0.717) is 22.7 Å². The van der Waals surface area contributed by atoms with Crippen molar-refractivity contribution in [2.24, 2.45) is 11.8 Å². The van der Waals surface area contributed by atoms with Crippen molar-refractivity contribution < 1.29 is 33.5 Å². The first kappa shape index (κ1) is 37.8. The normalized spacial score (nSPS) is 21.5. The number of nitrogens with one attached hydrogen (secondary N) is 5. The quantitative estimate of drug-likeness (QED) is 0.268. The minimum Gasteiger partial charge on any atom is -0.497 e. The number of ketones is 1. The van der Waals surface area contributed by atoms with Crippen LogP contribution in [0, 0.1) is 25.7 Å². The largest absolute Gasteiger partial charge is 0.497 e. The Kier molecular flexibility index (Phi) is 12.9. The zero-order chi connectivity index (χ0) is 35.9. The first-order valence-electron chi connectivity index (χ1n) is 16.3. The summed E-state index contributed by atoms with van der Waals surface area (Å²) in [6, 6.07) is 3.39. The molecule has 48 heavy (non-hydrogen) atoms. The van der Waals surface area contributed by atoms with Gasteiger partial charge in [-0.25, -0.2) is 0 Å². The molecule has 0 bridgehead atoms. The van der Waals surface area contributed by atoms with Crippen LogP contribution in [-0.2, 0) is 25.6 Å². The van der Waals surface area contributed by atoms with Crippen molar-refractivity contribution in [1.82, 2.24) is 31.2 Å². The number of aryl methyl sites for hydroxylation is 1. The second-order valence-corrected chi connectivity index (χ2v) is 13.3. The summed E-state index contributed by atoms with van der Waals surface area (Å²) >= 11 is 0. The Bertz CT molecular complexity index is 1510. The molecule has 3 rings (SSSR count). The molecule has 1 fully saturated rings. The van der Waals surface area contributed by atoms with Gasteiger partial charge in [-0.1, -0.05) is 39.8 Å². The van der Waals surface area contributed by atoms with Gasteiger partial charge in [0.1, 0.15) is 23.9 Å². The topological polar surface area (TPSA) is 179 Å². The van der Waals surface area contributed by atoms with Crippen molar-refractivity contribution in [2.75, 3.05) is 20.2 Å². The Morgan fingerprint density at radius 3 is 2.06 bits per heavy atom. The molecule has 2 heterocycles. The molecule has 0 aliphatic carbocycles. The summed E-state index contributed by atoms with van der Waals surface area (Å²) in [7, 11) is 1.55. The van der Waals surface area contributed by atoms with Crippen LogP contribution >= 0.6 is 0 Å². The number of H-pyrrole nitrogens is 1. The highest BCUT2D eigenvalue weighted by Gasteiger charge is 2.34. The van der Waals surface area contributed by atoms with Gasteiger partial charge < -0.3 is 35.9 Å². The van der Waals surface area contributed by atoms with Crippen LogP contribution in [0.1, 0.15) is 85.6 Å². The average molecular weight is 667 g/mol. The lowest BCUT2D eigenvalue weighted by atomic mass is 10.0. The van der Waals surface area contributed by atoms with Crippen LogP contribution in [0.4, 0.5) is 0 Å². The number of benzene rings is 1. The Morgan fingerprint density at radius 1 is 0.896 bits per heavy atom. The molecule has 1 aromatic carbocycles. The lowest BCUT2D eigenvalue weighted by Gasteiger charge is -2.31. The molecule has 5 amide bonds. The SMILES string of the molecule is COc1ccc(C[C@@H]2NC(=O)[C@H](CC(C)C)NC(=O)CN(C(=O)c3c(C)[nH]c(C(C)=O)c3C)C[C@H](C(C)C)NC(=O)[C@@H](C)NC2=O)cc1. The van der Waals surface area contributed by atoms with E-state index in [9.17, 15) is 28.8 Å². The van der Waals surface area contributed by atoms with Crippen molar-refractivity contribution in [3.8, 4) is 5.75 Å². The van der Waals surface area contributed by atoms with Crippen LogP contribution in [-0.4, -0.2) is 89.6 Å². The lowest BCUT2D eigenvalue weighted by Crippen LogP contribution is -2.57. The smallest absolute Gasteiger partial charge is 0.256 e. The van der Waals surface area contributed by atoms with E-state index in [4.69, 9.17) is 4.74 Å². The standard InChI is InChI=1S/C35H50N6O7/c1-18(2)14-26-34(46)39-27(15-24-10-12-25(48-9)13-11-24)33(45)37-22(7)32(44)40-28(19(3)4)16-41(17-29(43)38-26)35(47)30-20(5)31(23(8)42)36-21(30)6/h10-13,18-19,22,26-28,36H,14-17H2,1-9H3,(H,37,45)(H,38,43)(H,39,46)(H,40,44)/t22-,26+,27+,28-/m1/s1. The van der Waals surface area contributed by atoms with E-state index < -0.39 is 60.2 Å². The zero-order valence-corrected chi connectivity index (χ0v) is 29.4. The molecule has 0 radical (unpaired) electrons. The monoisotopic (exact) mass is 666 g/mol. The molecule has 13 heteroatoms. The maximum Gasteiger partial charge on any atom is 0.256 e. The predicted molar refractivity (Wildman–Crippen MR) is 181 cm³/mol. The predicted octanol–water partition coefficient (Wildman–Crippen LogP) is 2.20. The highest BCUT2D eigenvalue weighted by Crippen LogP contribution is 2.22. The number of rotatable bonds is 8. The first-order chi connectivity index (χ1) is 22.5. The number of nitrogens with zero attached hydrogens (tertiary/aromatic N) is 1. The minimum atomic E-state index is -1.06. The van der Waals surface area contributed by atoms with Gasteiger partial charge in [0.05, 0.1) is 24.9 Å². The highest BCUT2D eigenvalue weighted by molar-refractivity contribution is 6.04. The molecule has 4 atom stereocenters. The Morgan fingerprint density at radius 2 is 1.52 bits per heavy atom. The third-order valence-electron chi connectivity index (χ3n) is 8.52. The van der Waals surface area contributed by atoms with E-state index in [-0.39, 0.29) is 42.6 Å². The van der Waals surface area contributed by atoms with E-state index in [1.807, 2.05) is 27.7 Å². The van der Waals surface area contributed by atoms with Gasteiger partial charge in [0.15, 0.2) is 5.78 Å². The number of aromatic nitrogens is 1. The molecule has 5 N–H and O–H groups in total. The molecule has 2 aromatic rings. The van der Waals surface area contributed by atoms with Gasteiger partial charge in [0.25, 0.3) is 5.91 Å². The fourth-order valence-corrected chi connectivity index (χ4v) is 5.74. The number of methoxy groups -OCH3 is 1. The van der Waals surface area contributed by atoms with Crippen LogP contribution in [0.3, 0.4) is 0 Å². The van der Waals surface area contributed by atoms with Gasteiger partial charge in [-0.3, -0.25) is 28.8 Å². The fourth-order valence-electron chi connectivity index (χ4n) is 5.74. The number of ether oxygens (including phenoxy) is 1. The van der Waals surface area contributed by atoms with Crippen molar-refractivity contribution in [3.63, 3.8) is 0 Å². The third kappa shape index (κ3) is 9.68. The molecule has 1 aromatic heterocycles. The summed E-state index contributed by atoms with van der Waals surface area (Å²) < 4.78 is 5.23. The first-order valence-corrected chi connectivity index (χ1v) is 16.3. The lowest BCUT2D eigenvalue weighted by molar-refractivity contribution is -0.133.